The van der Waals surface area contributed by atoms with Crippen molar-refractivity contribution in [3.63, 3.8) is 0 Å². The number of aryl methyl sites for hydroxylation is 1. The van der Waals surface area contributed by atoms with Crippen LogP contribution in [0.15, 0.2) is 18.5 Å². The average molecular weight is 391 g/mol. The number of likely N-dealkylation sites (N-methyl/N-ethyl adjacent to an activating group) is 1. The molecule has 0 saturated carbocycles. The van der Waals surface area contributed by atoms with Crippen molar-refractivity contribution in [2.75, 3.05) is 13.6 Å². The van der Waals surface area contributed by atoms with Gasteiger partial charge in [-0.25, -0.2) is 4.98 Å². The van der Waals surface area contributed by atoms with Crippen LogP contribution in [0.5, 0.6) is 0 Å². The number of halogens is 1. The minimum atomic E-state index is -0.579. The molecule has 1 aromatic rings. The summed E-state index contributed by atoms with van der Waals surface area (Å²) in [5.41, 5.74) is 7.33. The SMILES string of the molecule is CNC(=O)C1CCCN1C(=O)C(N/C=C(\N)c1cnc(F)cc1C)C(C)(C)C. The van der Waals surface area contributed by atoms with Gasteiger partial charge in [-0.15, -0.1) is 0 Å². The van der Waals surface area contributed by atoms with Gasteiger partial charge in [0.2, 0.25) is 17.8 Å². The van der Waals surface area contributed by atoms with Crippen molar-refractivity contribution in [2.24, 2.45) is 11.1 Å². The summed E-state index contributed by atoms with van der Waals surface area (Å²) in [4.78, 5) is 30.6. The molecule has 2 atom stereocenters. The molecular weight excluding hydrogens is 361 g/mol. The van der Waals surface area contributed by atoms with Crippen molar-refractivity contribution in [1.29, 1.82) is 0 Å². The Labute approximate surface area is 165 Å². The Morgan fingerprint density at radius 2 is 2.11 bits per heavy atom. The molecule has 1 fully saturated rings. The highest BCUT2D eigenvalue weighted by atomic mass is 19.1. The highest BCUT2D eigenvalue weighted by molar-refractivity contribution is 5.90. The van der Waals surface area contributed by atoms with E-state index in [1.165, 1.54) is 12.3 Å². The molecule has 1 aliphatic heterocycles. The lowest BCUT2D eigenvalue weighted by atomic mass is 9.85. The molecule has 1 saturated heterocycles. The van der Waals surface area contributed by atoms with Gasteiger partial charge in [-0.1, -0.05) is 20.8 Å². The molecule has 7 nitrogen and oxygen atoms in total. The zero-order chi connectivity index (χ0) is 21.1. The minimum Gasteiger partial charge on any atom is -0.397 e. The maximum atomic E-state index is 13.2. The first-order valence-electron chi connectivity index (χ1n) is 9.42. The molecule has 8 heteroatoms. The van der Waals surface area contributed by atoms with E-state index in [4.69, 9.17) is 5.73 Å². The van der Waals surface area contributed by atoms with E-state index in [-0.39, 0.29) is 11.8 Å². The Balaban J connectivity index is 2.24. The van der Waals surface area contributed by atoms with Crippen LogP contribution in [0.2, 0.25) is 0 Å². The third-order valence-electron chi connectivity index (χ3n) is 4.99. The predicted molar refractivity (Wildman–Crippen MR) is 106 cm³/mol. The number of hydrogen-bond donors (Lipinski definition) is 3. The lowest BCUT2D eigenvalue weighted by molar-refractivity contribution is -0.141. The molecule has 2 amide bonds. The second kappa shape index (κ2) is 8.58. The van der Waals surface area contributed by atoms with Crippen LogP contribution in [0.4, 0.5) is 4.39 Å². The molecule has 2 rings (SSSR count). The largest absolute Gasteiger partial charge is 0.397 e. The second-order valence-corrected chi connectivity index (χ2v) is 8.19. The normalized spacial score (nSPS) is 18.7. The molecule has 0 radical (unpaired) electrons. The first-order chi connectivity index (χ1) is 13.1. The second-order valence-electron chi connectivity index (χ2n) is 8.19. The van der Waals surface area contributed by atoms with Gasteiger partial charge >= 0.3 is 0 Å². The third kappa shape index (κ3) is 4.79. The quantitative estimate of drug-likeness (QED) is 0.661. The molecule has 0 aliphatic carbocycles. The highest BCUT2D eigenvalue weighted by Gasteiger charge is 2.40. The summed E-state index contributed by atoms with van der Waals surface area (Å²) in [5, 5.41) is 5.75. The molecule has 1 aromatic heterocycles. The molecule has 28 heavy (non-hydrogen) atoms. The summed E-state index contributed by atoms with van der Waals surface area (Å²) >= 11 is 0. The van der Waals surface area contributed by atoms with Gasteiger partial charge in [-0.05, 0) is 36.8 Å². The van der Waals surface area contributed by atoms with E-state index < -0.39 is 23.4 Å². The standard InChI is InChI=1S/C20H30FN5O2/c1-12-9-16(21)24-10-13(12)14(22)11-25-17(20(2,3)4)19(28)26-8-6-7-15(26)18(27)23-5/h9-11,15,17,25H,6-8,22H2,1-5H3,(H,23,27)/b14-11-. The molecular formula is C20H30FN5O2. The fourth-order valence-electron chi connectivity index (χ4n) is 3.40. The lowest BCUT2D eigenvalue weighted by Crippen LogP contribution is -2.55. The molecule has 0 aromatic carbocycles. The Hall–Kier alpha value is -2.64. The van der Waals surface area contributed by atoms with Gasteiger partial charge in [-0.3, -0.25) is 9.59 Å². The lowest BCUT2D eigenvalue weighted by Gasteiger charge is -2.35. The monoisotopic (exact) mass is 391 g/mol. The van der Waals surface area contributed by atoms with Gasteiger partial charge in [0.05, 0.1) is 5.70 Å². The summed E-state index contributed by atoms with van der Waals surface area (Å²) in [6.45, 7) is 8.13. The zero-order valence-corrected chi connectivity index (χ0v) is 17.2. The summed E-state index contributed by atoms with van der Waals surface area (Å²) in [5.74, 6) is -0.864. The Kier molecular flexibility index (Phi) is 6.64. The van der Waals surface area contributed by atoms with E-state index in [0.717, 1.165) is 6.42 Å². The van der Waals surface area contributed by atoms with E-state index in [1.54, 1.807) is 25.1 Å². The number of pyridine rings is 1. The Bertz CT molecular complexity index is 772. The van der Waals surface area contributed by atoms with Crippen LogP contribution in [0.1, 0.15) is 44.7 Å². The number of hydrogen-bond acceptors (Lipinski definition) is 5. The van der Waals surface area contributed by atoms with E-state index in [9.17, 15) is 14.0 Å². The number of nitrogens with one attached hydrogen (secondary N) is 2. The van der Waals surface area contributed by atoms with Crippen LogP contribution < -0.4 is 16.4 Å². The molecule has 154 valence electrons. The summed E-state index contributed by atoms with van der Waals surface area (Å²) in [6, 6.07) is 0.277. The van der Waals surface area contributed by atoms with Crippen molar-refractivity contribution < 1.29 is 14.0 Å². The van der Waals surface area contributed by atoms with Crippen LogP contribution in [0.3, 0.4) is 0 Å². The Morgan fingerprint density at radius 3 is 2.68 bits per heavy atom. The van der Waals surface area contributed by atoms with Crippen LogP contribution in [-0.2, 0) is 9.59 Å². The predicted octanol–water partition coefficient (Wildman–Crippen LogP) is 1.53. The molecule has 4 N–H and O–H groups in total. The van der Waals surface area contributed by atoms with E-state index in [2.05, 4.69) is 15.6 Å². The van der Waals surface area contributed by atoms with E-state index in [0.29, 0.717) is 29.8 Å². The van der Waals surface area contributed by atoms with Crippen molar-refractivity contribution >= 4 is 17.5 Å². The summed E-state index contributed by atoms with van der Waals surface area (Å²) in [7, 11) is 1.57. The third-order valence-corrected chi connectivity index (χ3v) is 4.99. The van der Waals surface area contributed by atoms with Gasteiger partial charge in [0.25, 0.3) is 0 Å². The number of likely N-dealkylation sites (tertiary alicyclic amines) is 1. The summed E-state index contributed by atoms with van der Waals surface area (Å²) < 4.78 is 13.2. The van der Waals surface area contributed by atoms with Crippen LogP contribution >= 0.6 is 0 Å². The number of carbonyl (C=O) groups is 2. The maximum Gasteiger partial charge on any atom is 0.246 e. The molecule has 0 spiro atoms. The zero-order valence-electron chi connectivity index (χ0n) is 17.2. The van der Waals surface area contributed by atoms with Crippen LogP contribution in [-0.4, -0.2) is 47.4 Å². The number of aromatic nitrogens is 1. The number of rotatable bonds is 5. The first kappa shape index (κ1) is 21.7. The maximum absolute atomic E-state index is 13.2. The molecule has 2 unspecified atom stereocenters. The average Bonchev–Trinajstić information content (AvgIpc) is 3.09. The fourth-order valence-corrected chi connectivity index (χ4v) is 3.40. The van der Waals surface area contributed by atoms with Gasteiger partial charge in [-0.2, -0.15) is 4.39 Å². The summed E-state index contributed by atoms with van der Waals surface area (Å²) in [6.07, 6.45) is 4.37. The number of nitrogens with zero attached hydrogens (tertiary/aromatic N) is 2. The van der Waals surface area contributed by atoms with Gasteiger partial charge in [0.15, 0.2) is 0 Å². The van der Waals surface area contributed by atoms with Crippen molar-refractivity contribution in [3.05, 3.63) is 35.5 Å². The molecule has 0 bridgehead atoms. The van der Waals surface area contributed by atoms with E-state index >= 15 is 0 Å². The number of carbonyl (C=O) groups excluding carboxylic acids is 2. The van der Waals surface area contributed by atoms with Crippen LogP contribution in [0, 0.1) is 18.3 Å². The smallest absolute Gasteiger partial charge is 0.246 e. The van der Waals surface area contributed by atoms with Gasteiger partial charge in [0.1, 0.15) is 12.1 Å². The number of nitrogens with two attached hydrogens (primary N) is 1. The highest BCUT2D eigenvalue weighted by Crippen LogP contribution is 2.26. The van der Waals surface area contributed by atoms with E-state index in [1.807, 2.05) is 20.8 Å². The van der Waals surface area contributed by atoms with Crippen molar-refractivity contribution in [3.8, 4) is 0 Å². The van der Waals surface area contributed by atoms with Crippen LogP contribution in [0.25, 0.3) is 5.70 Å². The van der Waals surface area contributed by atoms with Crippen molar-refractivity contribution in [2.45, 2.75) is 52.6 Å². The fraction of sp³-hybridized carbons (Fsp3) is 0.550. The van der Waals surface area contributed by atoms with Gasteiger partial charge in [0, 0.05) is 31.6 Å². The van der Waals surface area contributed by atoms with Gasteiger partial charge < -0.3 is 21.3 Å². The topological polar surface area (TPSA) is 100 Å². The van der Waals surface area contributed by atoms with Crippen molar-refractivity contribution in [1.82, 2.24) is 20.5 Å². The molecule has 2 heterocycles. The first-order valence-corrected chi connectivity index (χ1v) is 9.42. The minimum absolute atomic E-state index is 0.142. The molecule has 1 aliphatic rings. The number of amides is 2. The Morgan fingerprint density at radius 1 is 1.43 bits per heavy atom.